The zero-order chi connectivity index (χ0) is 32.0. The number of halogens is 5. The van der Waals surface area contributed by atoms with Crippen LogP contribution in [0.5, 0.6) is 5.75 Å². The van der Waals surface area contributed by atoms with Gasteiger partial charge in [0.1, 0.15) is 17.4 Å². The Kier molecular flexibility index (Phi) is 10.9. The minimum atomic E-state index is -4.49. The van der Waals surface area contributed by atoms with Crippen molar-refractivity contribution in [3.8, 4) is 5.75 Å². The van der Waals surface area contributed by atoms with Gasteiger partial charge in [-0.25, -0.2) is 17.2 Å². The first-order valence-electron chi connectivity index (χ1n) is 13.5. The molecule has 0 bridgehead atoms. The van der Waals surface area contributed by atoms with Gasteiger partial charge in [0.25, 0.3) is 0 Å². The molecule has 0 spiro atoms. The summed E-state index contributed by atoms with van der Waals surface area (Å²) in [5.41, 5.74) is -0.118. The first-order valence-corrected chi connectivity index (χ1v) is 15.4. The second-order valence-electron chi connectivity index (χ2n) is 11.1. The molecule has 43 heavy (non-hydrogen) atoms. The van der Waals surface area contributed by atoms with Crippen LogP contribution in [0.4, 0.5) is 22.0 Å². The molecule has 0 aliphatic carbocycles. The monoisotopic (exact) mass is 626 g/mol. The molecule has 0 saturated heterocycles. The van der Waals surface area contributed by atoms with Crippen molar-refractivity contribution in [2.24, 2.45) is 0 Å². The third-order valence-corrected chi connectivity index (χ3v) is 8.00. The van der Waals surface area contributed by atoms with Crippen LogP contribution in [0.15, 0.2) is 65.6 Å². The number of ether oxygens (including phenoxy) is 1. The van der Waals surface area contributed by atoms with E-state index in [-0.39, 0.29) is 41.7 Å². The summed E-state index contributed by atoms with van der Waals surface area (Å²) in [6.07, 6.45) is -3.18. The molecule has 0 unspecified atom stereocenters. The molecule has 3 aromatic rings. The number of carbonyl (C=O) groups is 1. The number of amides is 1. The number of carbonyl (C=O) groups excluding carboxylic acids is 1. The molecular formula is C31H35F5N2O4S. The van der Waals surface area contributed by atoms with Gasteiger partial charge in [-0.3, -0.25) is 9.69 Å². The molecule has 234 valence electrons. The highest BCUT2D eigenvalue weighted by Gasteiger charge is 2.31. The SMILES string of the molecule is CC(=O)NCc1c(F)cc(OCCCN(Cc2cccc(C(F)(F)F)c2)CC(C)(C)c2ccc(F)cc2)cc1S(C)(=O)=O. The fourth-order valence-corrected chi connectivity index (χ4v) is 5.68. The van der Waals surface area contributed by atoms with E-state index in [2.05, 4.69) is 5.32 Å². The molecule has 1 amide bonds. The van der Waals surface area contributed by atoms with Crippen LogP contribution in [0, 0.1) is 11.6 Å². The van der Waals surface area contributed by atoms with E-state index in [1.54, 1.807) is 18.2 Å². The number of benzene rings is 3. The van der Waals surface area contributed by atoms with Crippen LogP contribution in [0.25, 0.3) is 0 Å². The van der Waals surface area contributed by atoms with E-state index < -0.39 is 38.7 Å². The Bertz CT molecular complexity index is 1520. The van der Waals surface area contributed by atoms with Gasteiger partial charge < -0.3 is 10.1 Å². The lowest BCUT2D eigenvalue weighted by molar-refractivity contribution is -0.137. The van der Waals surface area contributed by atoms with Gasteiger partial charge in [0.05, 0.1) is 17.1 Å². The Morgan fingerprint density at radius 1 is 0.977 bits per heavy atom. The predicted octanol–water partition coefficient (Wildman–Crippen LogP) is 6.27. The van der Waals surface area contributed by atoms with Crippen LogP contribution in [0.2, 0.25) is 0 Å². The van der Waals surface area contributed by atoms with E-state index in [1.807, 2.05) is 18.7 Å². The molecule has 0 heterocycles. The standard InChI is InChI=1S/C31H35F5N2O4S/c1-21(39)37-18-27-28(33)16-26(17-29(27)43(4,40)41)42-14-6-13-38(19-22-7-5-8-24(15-22)31(34,35)36)20-30(2,3)23-9-11-25(32)12-10-23/h5,7-12,15-17H,6,13-14,18-20H2,1-4H3,(H,37,39). The maximum Gasteiger partial charge on any atom is 0.416 e. The van der Waals surface area contributed by atoms with Gasteiger partial charge in [-0.1, -0.05) is 44.2 Å². The van der Waals surface area contributed by atoms with Crippen molar-refractivity contribution in [2.45, 2.75) is 56.8 Å². The normalized spacial score (nSPS) is 12.4. The molecule has 6 nitrogen and oxygen atoms in total. The summed E-state index contributed by atoms with van der Waals surface area (Å²) >= 11 is 0. The van der Waals surface area contributed by atoms with Crippen LogP contribution >= 0.6 is 0 Å². The lowest BCUT2D eigenvalue weighted by atomic mass is 9.84. The van der Waals surface area contributed by atoms with E-state index >= 15 is 0 Å². The first-order chi connectivity index (χ1) is 20.0. The van der Waals surface area contributed by atoms with Crippen LogP contribution in [-0.4, -0.2) is 45.2 Å². The van der Waals surface area contributed by atoms with E-state index in [0.717, 1.165) is 30.0 Å². The van der Waals surface area contributed by atoms with Crippen molar-refractivity contribution >= 4 is 15.7 Å². The van der Waals surface area contributed by atoms with Gasteiger partial charge in [0, 0.05) is 56.4 Å². The van der Waals surface area contributed by atoms with Crippen LogP contribution in [-0.2, 0) is 39.3 Å². The lowest BCUT2D eigenvalue weighted by Crippen LogP contribution is -2.37. The Balaban J connectivity index is 1.77. The van der Waals surface area contributed by atoms with E-state index in [1.165, 1.54) is 31.2 Å². The molecule has 0 saturated carbocycles. The van der Waals surface area contributed by atoms with Crippen molar-refractivity contribution in [3.63, 3.8) is 0 Å². The smallest absolute Gasteiger partial charge is 0.416 e. The summed E-state index contributed by atoms with van der Waals surface area (Å²) in [6.45, 7) is 5.87. The number of hydrogen-bond donors (Lipinski definition) is 1. The zero-order valence-electron chi connectivity index (χ0n) is 24.4. The zero-order valence-corrected chi connectivity index (χ0v) is 25.2. The summed E-state index contributed by atoms with van der Waals surface area (Å²) in [7, 11) is -3.85. The number of sulfone groups is 1. The number of nitrogens with zero attached hydrogens (tertiary/aromatic N) is 1. The van der Waals surface area contributed by atoms with Crippen molar-refractivity contribution in [2.75, 3.05) is 26.0 Å². The Morgan fingerprint density at radius 3 is 2.26 bits per heavy atom. The third kappa shape index (κ3) is 10.0. The number of nitrogens with one attached hydrogen (secondary N) is 1. The van der Waals surface area contributed by atoms with Gasteiger partial charge in [-0.05, 0) is 41.8 Å². The lowest BCUT2D eigenvalue weighted by Gasteiger charge is -2.33. The Hall–Kier alpha value is -3.51. The first kappa shape index (κ1) is 34.0. The van der Waals surface area contributed by atoms with Crippen LogP contribution in [0.1, 0.15) is 49.4 Å². The van der Waals surface area contributed by atoms with Crippen molar-refractivity contribution in [3.05, 3.63) is 94.6 Å². The summed E-state index contributed by atoms with van der Waals surface area (Å²) in [5.74, 6) is -1.69. The molecule has 3 aromatic carbocycles. The quantitative estimate of drug-likeness (QED) is 0.179. The minimum Gasteiger partial charge on any atom is -0.493 e. The highest BCUT2D eigenvalue weighted by molar-refractivity contribution is 7.90. The predicted molar refractivity (Wildman–Crippen MR) is 153 cm³/mol. The molecule has 0 aromatic heterocycles. The molecule has 3 rings (SSSR count). The fourth-order valence-electron chi connectivity index (χ4n) is 4.73. The number of rotatable bonds is 13. The average molecular weight is 627 g/mol. The van der Waals surface area contributed by atoms with Gasteiger partial charge in [-0.2, -0.15) is 13.2 Å². The summed E-state index contributed by atoms with van der Waals surface area (Å²) in [5, 5.41) is 2.39. The highest BCUT2D eigenvalue weighted by atomic mass is 32.2. The Morgan fingerprint density at radius 2 is 1.65 bits per heavy atom. The van der Waals surface area contributed by atoms with Gasteiger partial charge in [0.15, 0.2) is 9.84 Å². The van der Waals surface area contributed by atoms with Crippen molar-refractivity contribution < 1.29 is 39.9 Å². The fraction of sp³-hybridized carbons (Fsp3) is 0.387. The second kappa shape index (κ2) is 13.9. The third-order valence-electron chi connectivity index (χ3n) is 6.83. The molecular weight excluding hydrogens is 591 g/mol. The molecule has 12 heteroatoms. The van der Waals surface area contributed by atoms with E-state index in [4.69, 9.17) is 4.74 Å². The molecule has 1 N–H and O–H groups in total. The number of hydrogen-bond acceptors (Lipinski definition) is 5. The van der Waals surface area contributed by atoms with E-state index in [9.17, 15) is 35.2 Å². The Labute approximate surface area is 248 Å². The van der Waals surface area contributed by atoms with Gasteiger partial charge >= 0.3 is 6.18 Å². The van der Waals surface area contributed by atoms with Crippen molar-refractivity contribution in [1.82, 2.24) is 10.2 Å². The average Bonchev–Trinajstić information content (AvgIpc) is 2.89. The molecule has 0 atom stereocenters. The van der Waals surface area contributed by atoms with Crippen molar-refractivity contribution in [1.29, 1.82) is 0 Å². The molecule has 0 radical (unpaired) electrons. The largest absolute Gasteiger partial charge is 0.493 e. The minimum absolute atomic E-state index is 0.0134. The highest BCUT2D eigenvalue weighted by Crippen LogP contribution is 2.31. The summed E-state index contributed by atoms with van der Waals surface area (Å²) in [4.78, 5) is 12.9. The maximum atomic E-state index is 14.9. The van der Waals surface area contributed by atoms with Gasteiger partial charge in [-0.15, -0.1) is 0 Å². The maximum absolute atomic E-state index is 14.9. The van der Waals surface area contributed by atoms with Crippen LogP contribution in [0.3, 0.4) is 0 Å². The number of alkyl halides is 3. The molecule has 0 aliphatic rings. The second-order valence-corrected chi connectivity index (χ2v) is 13.0. The molecule has 0 aliphatic heterocycles. The molecule has 0 fully saturated rings. The summed E-state index contributed by atoms with van der Waals surface area (Å²) < 4.78 is 98.7. The summed E-state index contributed by atoms with van der Waals surface area (Å²) in [6, 6.07) is 13.4. The van der Waals surface area contributed by atoms with Gasteiger partial charge in [0.2, 0.25) is 5.91 Å². The topological polar surface area (TPSA) is 75.7 Å². The van der Waals surface area contributed by atoms with E-state index in [0.29, 0.717) is 25.1 Å². The van der Waals surface area contributed by atoms with Crippen LogP contribution < -0.4 is 10.1 Å².